The summed E-state index contributed by atoms with van der Waals surface area (Å²) >= 11 is 6.00. The molecular formula is C18H21ClN2O6S. The van der Waals surface area contributed by atoms with Gasteiger partial charge in [0.25, 0.3) is 0 Å². The van der Waals surface area contributed by atoms with Gasteiger partial charge in [-0.05, 0) is 30.3 Å². The van der Waals surface area contributed by atoms with Crippen molar-refractivity contribution in [1.82, 2.24) is 0 Å². The number of amides is 1. The second kappa shape index (κ2) is 9.03. The van der Waals surface area contributed by atoms with Crippen molar-refractivity contribution in [2.24, 2.45) is 0 Å². The monoisotopic (exact) mass is 428 g/mol. The van der Waals surface area contributed by atoms with E-state index in [1.807, 2.05) is 0 Å². The molecule has 0 aliphatic rings. The Morgan fingerprint density at radius 2 is 1.68 bits per heavy atom. The fourth-order valence-electron chi connectivity index (χ4n) is 2.47. The van der Waals surface area contributed by atoms with Crippen molar-refractivity contribution < 1.29 is 27.4 Å². The number of hydrogen-bond acceptors (Lipinski definition) is 6. The number of nitrogens with one attached hydrogen (secondary N) is 1. The highest BCUT2D eigenvalue weighted by Crippen LogP contribution is 2.33. The largest absolute Gasteiger partial charge is 0.497 e. The number of benzene rings is 2. The van der Waals surface area contributed by atoms with E-state index in [0.717, 1.165) is 10.6 Å². The van der Waals surface area contributed by atoms with Crippen LogP contribution in [-0.4, -0.2) is 48.5 Å². The lowest BCUT2D eigenvalue weighted by Gasteiger charge is -2.24. The number of nitrogens with zero attached hydrogens (tertiary/aromatic N) is 1. The first-order chi connectivity index (χ1) is 13.2. The van der Waals surface area contributed by atoms with Crippen LogP contribution >= 0.6 is 11.6 Å². The number of rotatable bonds is 8. The molecule has 0 aliphatic heterocycles. The van der Waals surface area contributed by atoms with Gasteiger partial charge in [-0.15, -0.1) is 0 Å². The lowest BCUT2D eigenvalue weighted by Crippen LogP contribution is -2.37. The van der Waals surface area contributed by atoms with Gasteiger partial charge in [0.2, 0.25) is 15.9 Å². The Morgan fingerprint density at radius 1 is 1.04 bits per heavy atom. The lowest BCUT2D eigenvalue weighted by molar-refractivity contribution is -0.114. The van der Waals surface area contributed by atoms with Gasteiger partial charge in [-0.2, -0.15) is 0 Å². The molecule has 1 N–H and O–H groups in total. The summed E-state index contributed by atoms with van der Waals surface area (Å²) in [7, 11) is 0.538. The minimum absolute atomic E-state index is 0.158. The van der Waals surface area contributed by atoms with Crippen LogP contribution < -0.4 is 23.8 Å². The predicted molar refractivity (Wildman–Crippen MR) is 108 cm³/mol. The van der Waals surface area contributed by atoms with Crippen LogP contribution in [0.3, 0.4) is 0 Å². The van der Waals surface area contributed by atoms with E-state index in [2.05, 4.69) is 5.32 Å². The molecule has 8 nitrogen and oxygen atoms in total. The van der Waals surface area contributed by atoms with Gasteiger partial charge in [0.05, 0.1) is 39.0 Å². The molecule has 0 aliphatic carbocycles. The fourth-order valence-corrected chi connectivity index (χ4v) is 3.49. The Morgan fingerprint density at radius 3 is 2.25 bits per heavy atom. The minimum Gasteiger partial charge on any atom is -0.497 e. The Balaban J connectivity index is 2.35. The number of carbonyl (C=O) groups is 1. The van der Waals surface area contributed by atoms with Crippen LogP contribution in [0.4, 0.5) is 11.4 Å². The molecule has 0 atom stereocenters. The summed E-state index contributed by atoms with van der Waals surface area (Å²) in [5.74, 6) is 0.591. The maximum absolute atomic E-state index is 12.6. The zero-order valence-corrected chi connectivity index (χ0v) is 17.4. The Hall–Kier alpha value is -2.65. The predicted octanol–water partition coefficient (Wildman–Crippen LogP) is 2.77. The van der Waals surface area contributed by atoms with Gasteiger partial charge in [0, 0.05) is 11.1 Å². The maximum Gasteiger partial charge on any atom is 0.245 e. The smallest absolute Gasteiger partial charge is 0.245 e. The Labute approximate surface area is 169 Å². The Bertz CT molecular complexity index is 965. The van der Waals surface area contributed by atoms with Gasteiger partial charge in [-0.25, -0.2) is 8.42 Å². The van der Waals surface area contributed by atoms with Crippen LogP contribution in [0.15, 0.2) is 36.4 Å². The first-order valence-corrected chi connectivity index (χ1v) is 10.3. The van der Waals surface area contributed by atoms with Crippen LogP contribution in [0.1, 0.15) is 0 Å². The number of halogens is 1. The molecule has 0 unspecified atom stereocenters. The first kappa shape index (κ1) is 21.6. The zero-order chi connectivity index (χ0) is 20.9. The van der Waals surface area contributed by atoms with E-state index in [1.165, 1.54) is 33.5 Å². The average Bonchev–Trinajstić information content (AvgIpc) is 2.65. The molecule has 0 aromatic heterocycles. The first-order valence-electron chi connectivity index (χ1n) is 8.02. The van der Waals surface area contributed by atoms with E-state index in [9.17, 15) is 13.2 Å². The van der Waals surface area contributed by atoms with Gasteiger partial charge in [-0.1, -0.05) is 11.6 Å². The van der Waals surface area contributed by atoms with Crippen LogP contribution in [0.25, 0.3) is 0 Å². The van der Waals surface area contributed by atoms with Crippen molar-refractivity contribution in [3.05, 3.63) is 41.4 Å². The minimum atomic E-state index is -3.81. The summed E-state index contributed by atoms with van der Waals surface area (Å²) < 4.78 is 41.1. The van der Waals surface area contributed by atoms with Crippen molar-refractivity contribution in [2.75, 3.05) is 43.8 Å². The third-order valence-electron chi connectivity index (χ3n) is 3.78. The number of methoxy groups -OCH3 is 3. The SMILES string of the molecule is COc1ccc(OC)c(NC(=O)CN(c2cc(Cl)ccc2OC)S(C)(=O)=O)c1. The fraction of sp³-hybridized carbons (Fsp3) is 0.278. The molecule has 0 spiro atoms. The van der Waals surface area contributed by atoms with Crippen LogP contribution in [0.2, 0.25) is 5.02 Å². The molecule has 0 saturated heterocycles. The summed E-state index contributed by atoms with van der Waals surface area (Å²) in [5.41, 5.74) is 0.503. The normalized spacial score (nSPS) is 10.9. The highest BCUT2D eigenvalue weighted by Gasteiger charge is 2.25. The van der Waals surface area contributed by atoms with E-state index in [-0.39, 0.29) is 11.4 Å². The van der Waals surface area contributed by atoms with Crippen molar-refractivity contribution in [2.45, 2.75) is 0 Å². The molecule has 152 valence electrons. The van der Waals surface area contributed by atoms with Crippen LogP contribution in [0, 0.1) is 0 Å². The second-order valence-electron chi connectivity index (χ2n) is 5.70. The lowest BCUT2D eigenvalue weighted by atomic mass is 10.2. The van der Waals surface area contributed by atoms with Gasteiger partial charge in [-0.3, -0.25) is 9.10 Å². The van der Waals surface area contributed by atoms with Crippen molar-refractivity contribution in [1.29, 1.82) is 0 Å². The average molecular weight is 429 g/mol. The maximum atomic E-state index is 12.6. The molecule has 0 fully saturated rings. The third-order valence-corrected chi connectivity index (χ3v) is 5.14. The molecule has 0 saturated carbocycles. The summed E-state index contributed by atoms with van der Waals surface area (Å²) in [4.78, 5) is 12.6. The van der Waals surface area contributed by atoms with Crippen LogP contribution in [-0.2, 0) is 14.8 Å². The molecule has 10 heteroatoms. The third kappa shape index (κ3) is 5.20. The van der Waals surface area contributed by atoms with E-state index in [1.54, 1.807) is 24.3 Å². The van der Waals surface area contributed by atoms with Gasteiger partial charge in [0.15, 0.2) is 0 Å². The van der Waals surface area contributed by atoms with Crippen molar-refractivity contribution in [3.8, 4) is 17.2 Å². The number of carbonyl (C=O) groups excluding carboxylic acids is 1. The standard InChI is InChI=1S/C18H21ClN2O6S/c1-25-13-6-8-16(26-2)14(10-13)20-18(22)11-21(28(4,23)24)15-9-12(19)5-7-17(15)27-3/h5-10H,11H2,1-4H3,(H,20,22). The number of hydrogen-bond donors (Lipinski definition) is 1. The highest BCUT2D eigenvalue weighted by atomic mass is 35.5. The number of anilines is 2. The molecule has 1 amide bonds. The van der Waals surface area contributed by atoms with E-state index >= 15 is 0 Å². The number of sulfonamides is 1. The number of ether oxygens (including phenoxy) is 3. The zero-order valence-electron chi connectivity index (χ0n) is 15.9. The second-order valence-corrected chi connectivity index (χ2v) is 8.04. The molecule has 0 radical (unpaired) electrons. The van der Waals surface area contributed by atoms with Crippen molar-refractivity contribution in [3.63, 3.8) is 0 Å². The van der Waals surface area contributed by atoms with Gasteiger partial charge >= 0.3 is 0 Å². The molecule has 28 heavy (non-hydrogen) atoms. The van der Waals surface area contributed by atoms with E-state index in [4.69, 9.17) is 25.8 Å². The van der Waals surface area contributed by atoms with Crippen LogP contribution in [0.5, 0.6) is 17.2 Å². The summed E-state index contributed by atoms with van der Waals surface area (Å²) in [6.07, 6.45) is 0.993. The summed E-state index contributed by atoms with van der Waals surface area (Å²) in [6.45, 7) is -0.490. The molecular weight excluding hydrogens is 408 g/mol. The molecule has 0 bridgehead atoms. The molecule has 2 rings (SSSR count). The summed E-state index contributed by atoms with van der Waals surface area (Å²) in [6, 6.07) is 9.38. The Kier molecular flexibility index (Phi) is 6.98. The molecule has 2 aromatic carbocycles. The quantitative estimate of drug-likeness (QED) is 0.694. The van der Waals surface area contributed by atoms with Gasteiger partial charge in [0.1, 0.15) is 23.8 Å². The molecule has 0 heterocycles. The van der Waals surface area contributed by atoms with Gasteiger partial charge < -0.3 is 19.5 Å². The highest BCUT2D eigenvalue weighted by molar-refractivity contribution is 7.92. The molecule has 2 aromatic rings. The van der Waals surface area contributed by atoms with Crippen molar-refractivity contribution >= 4 is 38.9 Å². The summed E-state index contributed by atoms with van der Waals surface area (Å²) in [5, 5.41) is 2.94. The van der Waals surface area contributed by atoms with E-state index < -0.39 is 22.5 Å². The van der Waals surface area contributed by atoms with E-state index in [0.29, 0.717) is 22.2 Å². The topological polar surface area (TPSA) is 94.2 Å².